The SMILES string of the molecule is C=CCCCCCCCCCC1C2C(O)C(C(OC)OC)OC12O. The lowest BCUT2D eigenvalue weighted by atomic mass is 10.0. The first-order chi connectivity index (χ1) is 11.6. The van der Waals surface area contributed by atoms with E-state index in [1.165, 1.54) is 52.7 Å². The molecule has 2 rings (SSSR count). The molecule has 0 aromatic carbocycles. The summed E-state index contributed by atoms with van der Waals surface area (Å²) in [6, 6.07) is 0. The molecule has 0 radical (unpaired) electrons. The Morgan fingerprint density at radius 2 is 1.67 bits per heavy atom. The van der Waals surface area contributed by atoms with Gasteiger partial charge in [-0.1, -0.05) is 44.6 Å². The number of unbranched alkanes of at least 4 members (excludes halogenated alkanes) is 7. The van der Waals surface area contributed by atoms with Crippen molar-refractivity contribution in [3.63, 3.8) is 0 Å². The average molecular weight is 342 g/mol. The summed E-state index contributed by atoms with van der Waals surface area (Å²) in [6.07, 6.45) is 10.7. The molecule has 1 heterocycles. The molecule has 1 aliphatic carbocycles. The summed E-state index contributed by atoms with van der Waals surface area (Å²) in [6.45, 7) is 3.74. The summed E-state index contributed by atoms with van der Waals surface area (Å²) in [5.74, 6) is -1.33. The van der Waals surface area contributed by atoms with Crippen LogP contribution in [-0.4, -0.2) is 48.7 Å². The van der Waals surface area contributed by atoms with Crippen molar-refractivity contribution >= 4 is 0 Å². The van der Waals surface area contributed by atoms with Gasteiger partial charge in [-0.25, -0.2) is 0 Å². The van der Waals surface area contributed by atoms with Crippen LogP contribution in [0.25, 0.3) is 0 Å². The number of ether oxygens (including phenoxy) is 3. The van der Waals surface area contributed by atoms with Crippen LogP contribution in [0, 0.1) is 11.8 Å². The van der Waals surface area contributed by atoms with E-state index in [-0.39, 0.29) is 11.8 Å². The van der Waals surface area contributed by atoms with Crippen molar-refractivity contribution in [2.24, 2.45) is 11.8 Å². The first-order valence-corrected chi connectivity index (χ1v) is 9.34. The van der Waals surface area contributed by atoms with Gasteiger partial charge < -0.3 is 24.4 Å². The Hall–Kier alpha value is -0.460. The van der Waals surface area contributed by atoms with Crippen LogP contribution in [0.5, 0.6) is 0 Å². The van der Waals surface area contributed by atoms with Crippen LogP contribution in [0.2, 0.25) is 0 Å². The highest BCUT2D eigenvalue weighted by Gasteiger charge is 2.75. The summed E-state index contributed by atoms with van der Waals surface area (Å²) < 4.78 is 16.0. The van der Waals surface area contributed by atoms with E-state index in [1.807, 2.05) is 6.08 Å². The molecule has 5 unspecified atom stereocenters. The maximum atomic E-state index is 10.5. The average Bonchev–Trinajstić information content (AvgIpc) is 3.06. The molecule has 1 saturated carbocycles. The van der Waals surface area contributed by atoms with Gasteiger partial charge in [0, 0.05) is 26.1 Å². The van der Waals surface area contributed by atoms with Crippen LogP contribution in [0.3, 0.4) is 0 Å². The minimum Gasteiger partial charge on any atom is -0.390 e. The van der Waals surface area contributed by atoms with Gasteiger partial charge in [0.05, 0.1) is 6.10 Å². The molecule has 0 bridgehead atoms. The second kappa shape index (κ2) is 9.30. The number of methoxy groups -OCH3 is 2. The standard InChI is InChI=1S/C19H34O5/c1-4-5-6-7-8-9-10-11-12-13-14-15-16(20)17(18(22-2)23-3)24-19(14,15)21/h4,14-18,20-21H,1,5-13H2,2-3H3. The van der Waals surface area contributed by atoms with Crippen LogP contribution in [0.15, 0.2) is 12.7 Å². The first-order valence-electron chi connectivity index (χ1n) is 9.34. The third kappa shape index (κ3) is 4.38. The minimum absolute atomic E-state index is 0.0469. The molecule has 0 aromatic rings. The number of hydrogen-bond acceptors (Lipinski definition) is 5. The molecular weight excluding hydrogens is 308 g/mol. The fraction of sp³-hybridized carbons (Fsp3) is 0.895. The van der Waals surface area contributed by atoms with Gasteiger partial charge in [-0.3, -0.25) is 0 Å². The Bertz CT molecular complexity index is 384. The maximum Gasteiger partial charge on any atom is 0.185 e. The lowest BCUT2D eigenvalue weighted by Gasteiger charge is -2.26. The predicted molar refractivity (Wildman–Crippen MR) is 92.4 cm³/mol. The Kier molecular flexibility index (Phi) is 7.69. The molecule has 140 valence electrons. The topological polar surface area (TPSA) is 68.2 Å². The Labute approximate surface area is 146 Å². The fourth-order valence-electron chi connectivity index (χ4n) is 4.09. The highest BCUT2D eigenvalue weighted by molar-refractivity contribution is 5.15. The van der Waals surface area contributed by atoms with Gasteiger partial charge in [0.2, 0.25) is 0 Å². The van der Waals surface area contributed by atoms with Gasteiger partial charge in [0.1, 0.15) is 6.10 Å². The van der Waals surface area contributed by atoms with Crippen LogP contribution in [0.1, 0.15) is 57.8 Å². The fourth-order valence-corrected chi connectivity index (χ4v) is 4.09. The van der Waals surface area contributed by atoms with Crippen molar-refractivity contribution in [3.05, 3.63) is 12.7 Å². The molecule has 2 N–H and O–H groups in total. The van der Waals surface area contributed by atoms with E-state index >= 15 is 0 Å². The normalized spacial score (nSPS) is 34.5. The molecule has 2 aliphatic rings. The molecule has 1 saturated heterocycles. The largest absolute Gasteiger partial charge is 0.390 e. The number of fused-ring (bicyclic) bond motifs is 1. The van der Waals surface area contributed by atoms with Gasteiger partial charge >= 0.3 is 0 Å². The molecule has 5 atom stereocenters. The quantitative estimate of drug-likeness (QED) is 0.306. The van der Waals surface area contributed by atoms with E-state index in [0.717, 1.165) is 19.3 Å². The van der Waals surface area contributed by atoms with Gasteiger partial charge in [-0.15, -0.1) is 6.58 Å². The second-order valence-corrected chi connectivity index (χ2v) is 7.14. The van der Waals surface area contributed by atoms with E-state index < -0.39 is 24.3 Å². The number of rotatable bonds is 13. The molecule has 0 aromatic heterocycles. The third-order valence-electron chi connectivity index (χ3n) is 5.52. The van der Waals surface area contributed by atoms with Crippen molar-refractivity contribution in [2.75, 3.05) is 14.2 Å². The van der Waals surface area contributed by atoms with Crippen molar-refractivity contribution in [1.82, 2.24) is 0 Å². The van der Waals surface area contributed by atoms with Gasteiger partial charge in [0.25, 0.3) is 0 Å². The third-order valence-corrected chi connectivity index (χ3v) is 5.52. The van der Waals surface area contributed by atoms with E-state index in [0.29, 0.717) is 0 Å². The van der Waals surface area contributed by atoms with Crippen LogP contribution >= 0.6 is 0 Å². The molecule has 24 heavy (non-hydrogen) atoms. The van der Waals surface area contributed by atoms with E-state index in [4.69, 9.17) is 14.2 Å². The molecule has 1 aliphatic heterocycles. The molecule has 5 nitrogen and oxygen atoms in total. The van der Waals surface area contributed by atoms with E-state index in [1.54, 1.807) is 0 Å². The van der Waals surface area contributed by atoms with Gasteiger partial charge in [-0.05, 0) is 19.3 Å². The summed E-state index contributed by atoms with van der Waals surface area (Å²) in [5.41, 5.74) is 0. The Morgan fingerprint density at radius 3 is 2.17 bits per heavy atom. The first kappa shape index (κ1) is 19.9. The van der Waals surface area contributed by atoms with E-state index in [9.17, 15) is 10.2 Å². The second-order valence-electron chi connectivity index (χ2n) is 7.14. The number of aliphatic hydroxyl groups excluding tert-OH is 1. The van der Waals surface area contributed by atoms with Gasteiger partial charge in [-0.2, -0.15) is 0 Å². The van der Waals surface area contributed by atoms with Crippen molar-refractivity contribution in [2.45, 2.75) is 82.1 Å². The van der Waals surface area contributed by atoms with Crippen LogP contribution < -0.4 is 0 Å². The smallest absolute Gasteiger partial charge is 0.185 e. The molecular formula is C19H34O5. The minimum atomic E-state index is -1.18. The van der Waals surface area contributed by atoms with Crippen LogP contribution in [0.4, 0.5) is 0 Å². The highest BCUT2D eigenvalue weighted by atomic mass is 16.7. The number of aliphatic hydroxyl groups is 2. The molecule has 0 amide bonds. The lowest BCUT2D eigenvalue weighted by Crippen LogP contribution is -2.41. The lowest BCUT2D eigenvalue weighted by molar-refractivity contribution is -0.240. The zero-order valence-corrected chi connectivity index (χ0v) is 15.2. The molecule has 0 spiro atoms. The highest BCUT2D eigenvalue weighted by Crippen LogP contribution is 2.62. The monoisotopic (exact) mass is 342 g/mol. The van der Waals surface area contributed by atoms with Crippen molar-refractivity contribution in [3.8, 4) is 0 Å². The van der Waals surface area contributed by atoms with Crippen molar-refractivity contribution in [1.29, 1.82) is 0 Å². The number of allylic oxidation sites excluding steroid dienone is 1. The van der Waals surface area contributed by atoms with E-state index in [2.05, 4.69) is 6.58 Å². The molecule has 2 fully saturated rings. The summed E-state index contributed by atoms with van der Waals surface area (Å²) >= 11 is 0. The summed E-state index contributed by atoms with van der Waals surface area (Å²) in [7, 11) is 3.01. The number of hydrogen-bond donors (Lipinski definition) is 2. The molecule has 5 heteroatoms. The predicted octanol–water partition coefficient (Wildman–Crippen LogP) is 3.00. The zero-order chi connectivity index (χ0) is 17.6. The van der Waals surface area contributed by atoms with Crippen molar-refractivity contribution < 1.29 is 24.4 Å². The Balaban J connectivity index is 1.58. The zero-order valence-electron chi connectivity index (χ0n) is 15.2. The van der Waals surface area contributed by atoms with Crippen LogP contribution in [-0.2, 0) is 14.2 Å². The maximum absolute atomic E-state index is 10.5. The Morgan fingerprint density at radius 1 is 1.08 bits per heavy atom. The summed E-state index contributed by atoms with van der Waals surface area (Å²) in [5, 5.41) is 20.9. The summed E-state index contributed by atoms with van der Waals surface area (Å²) in [4.78, 5) is 0. The van der Waals surface area contributed by atoms with Gasteiger partial charge in [0.15, 0.2) is 12.1 Å².